The van der Waals surface area contributed by atoms with E-state index >= 15 is 0 Å². The molecule has 2 saturated heterocycles. The first-order chi connectivity index (χ1) is 5.29. The summed E-state index contributed by atoms with van der Waals surface area (Å²) < 4.78 is 0.468. The molecule has 11 heavy (non-hydrogen) atoms. The summed E-state index contributed by atoms with van der Waals surface area (Å²) in [5, 5.41) is 9.74. The van der Waals surface area contributed by atoms with Gasteiger partial charge in [-0.2, -0.15) is 0 Å². The van der Waals surface area contributed by atoms with E-state index in [1.54, 1.807) is 0 Å². The van der Waals surface area contributed by atoms with E-state index in [2.05, 4.69) is 27.5 Å². The molecule has 3 atom stereocenters. The maximum Gasteiger partial charge on any atom is 0.0825 e. The van der Waals surface area contributed by atoms with Gasteiger partial charge in [0.25, 0.3) is 0 Å². The minimum atomic E-state index is -0.0594. The molecule has 2 aliphatic rings. The normalized spacial score (nSPS) is 45.8. The first-order valence-electron chi connectivity index (χ1n) is 4.35. The average molecular weight is 267 g/mol. The molecule has 2 aliphatic heterocycles. The molecule has 3 heteroatoms. The van der Waals surface area contributed by atoms with Gasteiger partial charge in [-0.25, -0.2) is 0 Å². The topological polar surface area (TPSA) is 23.5 Å². The van der Waals surface area contributed by atoms with Gasteiger partial charge in [-0.1, -0.05) is 29.0 Å². The van der Waals surface area contributed by atoms with Crippen molar-refractivity contribution in [3.05, 3.63) is 0 Å². The molecule has 0 aromatic carbocycles. The SMILES string of the molecule is O[C@@H]1[C@H](I)CN2CCCC[C@@H]12. The predicted molar refractivity (Wildman–Crippen MR) is 53.0 cm³/mol. The lowest BCUT2D eigenvalue weighted by molar-refractivity contribution is 0.0937. The van der Waals surface area contributed by atoms with E-state index in [4.69, 9.17) is 0 Å². The van der Waals surface area contributed by atoms with Crippen molar-refractivity contribution in [1.82, 2.24) is 4.90 Å². The van der Waals surface area contributed by atoms with Crippen molar-refractivity contribution in [3.8, 4) is 0 Å². The second-order valence-corrected chi connectivity index (χ2v) is 5.16. The van der Waals surface area contributed by atoms with Gasteiger partial charge in [0.05, 0.1) is 10.0 Å². The molecule has 2 fully saturated rings. The number of hydrogen-bond donors (Lipinski definition) is 1. The van der Waals surface area contributed by atoms with Crippen molar-refractivity contribution in [3.63, 3.8) is 0 Å². The quantitative estimate of drug-likeness (QED) is 0.523. The van der Waals surface area contributed by atoms with Crippen LogP contribution in [-0.2, 0) is 0 Å². The summed E-state index contributed by atoms with van der Waals surface area (Å²) in [7, 11) is 0. The van der Waals surface area contributed by atoms with Crippen LogP contribution < -0.4 is 0 Å². The Labute approximate surface area is 81.1 Å². The highest BCUT2D eigenvalue weighted by Gasteiger charge is 2.39. The van der Waals surface area contributed by atoms with E-state index in [0.29, 0.717) is 9.97 Å². The molecule has 64 valence electrons. The van der Waals surface area contributed by atoms with E-state index in [1.807, 2.05) is 0 Å². The number of aliphatic hydroxyl groups excluding tert-OH is 1. The summed E-state index contributed by atoms with van der Waals surface area (Å²) in [6.07, 6.45) is 3.78. The Bertz CT molecular complexity index is 153. The monoisotopic (exact) mass is 267 g/mol. The summed E-state index contributed by atoms with van der Waals surface area (Å²) in [4.78, 5) is 2.45. The van der Waals surface area contributed by atoms with Crippen LogP contribution >= 0.6 is 22.6 Å². The molecular formula is C8H14INO. The molecule has 0 bridgehead atoms. The number of nitrogens with zero attached hydrogens (tertiary/aromatic N) is 1. The van der Waals surface area contributed by atoms with Gasteiger partial charge in [0.2, 0.25) is 0 Å². The molecule has 0 radical (unpaired) electrons. The van der Waals surface area contributed by atoms with Crippen molar-refractivity contribution in [1.29, 1.82) is 0 Å². The summed E-state index contributed by atoms with van der Waals surface area (Å²) in [6, 6.07) is 0.491. The Kier molecular flexibility index (Phi) is 2.39. The first kappa shape index (κ1) is 8.26. The zero-order chi connectivity index (χ0) is 7.84. The van der Waals surface area contributed by atoms with Gasteiger partial charge in [0, 0.05) is 12.6 Å². The Hall–Kier alpha value is 0.650. The molecule has 0 saturated carbocycles. The Morgan fingerprint density at radius 1 is 1.36 bits per heavy atom. The highest BCUT2D eigenvalue weighted by molar-refractivity contribution is 14.1. The average Bonchev–Trinajstić information content (AvgIpc) is 2.30. The second-order valence-electron chi connectivity index (χ2n) is 3.56. The smallest absolute Gasteiger partial charge is 0.0825 e. The minimum absolute atomic E-state index is 0.0594. The number of fused-ring (bicyclic) bond motifs is 1. The lowest BCUT2D eigenvalue weighted by Gasteiger charge is -2.30. The van der Waals surface area contributed by atoms with E-state index in [0.717, 1.165) is 6.54 Å². The predicted octanol–water partition coefficient (Wildman–Crippen LogP) is 1.02. The van der Waals surface area contributed by atoms with Gasteiger partial charge in [-0.3, -0.25) is 4.90 Å². The number of aliphatic hydroxyl groups is 1. The van der Waals surface area contributed by atoms with E-state index in [-0.39, 0.29) is 6.10 Å². The summed E-state index contributed by atoms with van der Waals surface area (Å²) >= 11 is 2.37. The van der Waals surface area contributed by atoms with Crippen LogP contribution in [0.4, 0.5) is 0 Å². The van der Waals surface area contributed by atoms with E-state index in [9.17, 15) is 5.11 Å². The van der Waals surface area contributed by atoms with Gasteiger partial charge in [-0.15, -0.1) is 0 Å². The van der Waals surface area contributed by atoms with Crippen LogP contribution in [0.5, 0.6) is 0 Å². The standard InChI is InChI=1S/C8H14INO/c9-6-5-10-4-2-1-3-7(10)8(6)11/h6-8,11H,1-5H2/t6-,7+,8-/m1/s1. The maximum absolute atomic E-state index is 9.74. The Balaban J connectivity index is 2.05. The lowest BCUT2D eigenvalue weighted by Crippen LogP contribution is -2.39. The van der Waals surface area contributed by atoms with Gasteiger partial charge in [-0.05, 0) is 19.4 Å². The van der Waals surface area contributed by atoms with Crippen LogP contribution in [0.2, 0.25) is 0 Å². The molecule has 0 spiro atoms. The summed E-state index contributed by atoms with van der Waals surface area (Å²) in [5.74, 6) is 0. The Morgan fingerprint density at radius 3 is 2.91 bits per heavy atom. The summed E-state index contributed by atoms with van der Waals surface area (Å²) in [6.45, 7) is 2.31. The van der Waals surface area contributed by atoms with Gasteiger partial charge < -0.3 is 5.11 Å². The lowest BCUT2D eigenvalue weighted by atomic mass is 10.0. The molecule has 0 aliphatic carbocycles. The fourth-order valence-corrected chi connectivity index (χ4v) is 3.19. The number of hydrogen-bond acceptors (Lipinski definition) is 2. The van der Waals surface area contributed by atoms with E-state index in [1.165, 1.54) is 25.8 Å². The van der Waals surface area contributed by atoms with Crippen molar-refractivity contribution < 1.29 is 5.11 Å². The third-order valence-electron chi connectivity index (χ3n) is 2.84. The largest absolute Gasteiger partial charge is 0.390 e. The molecular weight excluding hydrogens is 253 g/mol. The van der Waals surface area contributed by atoms with Crippen molar-refractivity contribution in [2.45, 2.75) is 35.3 Å². The second kappa shape index (κ2) is 3.18. The Morgan fingerprint density at radius 2 is 2.18 bits per heavy atom. The summed E-state index contributed by atoms with van der Waals surface area (Å²) in [5.41, 5.74) is 0. The van der Waals surface area contributed by atoms with Crippen molar-refractivity contribution >= 4 is 22.6 Å². The van der Waals surface area contributed by atoms with Crippen molar-refractivity contribution in [2.75, 3.05) is 13.1 Å². The molecule has 2 heterocycles. The fourth-order valence-electron chi connectivity index (χ4n) is 2.20. The van der Waals surface area contributed by atoms with Crippen LogP contribution in [0, 0.1) is 0 Å². The number of halogens is 1. The molecule has 1 N–H and O–H groups in total. The van der Waals surface area contributed by atoms with Gasteiger partial charge in [0.15, 0.2) is 0 Å². The molecule has 0 amide bonds. The number of rotatable bonds is 0. The minimum Gasteiger partial charge on any atom is -0.390 e. The molecule has 0 aromatic heterocycles. The van der Waals surface area contributed by atoms with E-state index < -0.39 is 0 Å². The van der Waals surface area contributed by atoms with Crippen LogP contribution in [0.25, 0.3) is 0 Å². The van der Waals surface area contributed by atoms with Crippen LogP contribution in [0.15, 0.2) is 0 Å². The zero-order valence-corrected chi connectivity index (χ0v) is 8.70. The van der Waals surface area contributed by atoms with Crippen LogP contribution in [0.1, 0.15) is 19.3 Å². The molecule has 0 unspecified atom stereocenters. The fraction of sp³-hybridized carbons (Fsp3) is 1.00. The zero-order valence-electron chi connectivity index (χ0n) is 6.54. The number of piperidine rings is 1. The highest BCUT2D eigenvalue weighted by atomic mass is 127. The van der Waals surface area contributed by atoms with Gasteiger partial charge in [0.1, 0.15) is 0 Å². The molecule has 0 aromatic rings. The third kappa shape index (κ3) is 1.42. The highest BCUT2D eigenvalue weighted by Crippen LogP contribution is 2.30. The molecule has 2 nitrogen and oxygen atoms in total. The van der Waals surface area contributed by atoms with Crippen molar-refractivity contribution in [2.24, 2.45) is 0 Å². The maximum atomic E-state index is 9.74. The third-order valence-corrected chi connectivity index (χ3v) is 3.97. The molecule has 2 rings (SSSR count). The van der Waals surface area contributed by atoms with Crippen LogP contribution in [0.3, 0.4) is 0 Å². The first-order valence-corrected chi connectivity index (χ1v) is 5.60. The van der Waals surface area contributed by atoms with Gasteiger partial charge >= 0.3 is 0 Å². The number of alkyl halides is 1. The van der Waals surface area contributed by atoms with Crippen LogP contribution in [-0.4, -0.2) is 39.2 Å².